The molecule has 0 saturated carbocycles. The topological polar surface area (TPSA) is 47.5 Å². The molecule has 0 radical (unpaired) electrons. The molecule has 5 nitrogen and oxygen atoms in total. The number of hydrogen-bond donors (Lipinski definition) is 0. The van der Waals surface area contributed by atoms with Crippen LogP contribution < -0.4 is 4.90 Å². The van der Waals surface area contributed by atoms with Gasteiger partial charge in [-0.25, -0.2) is 9.97 Å². The Kier molecular flexibility index (Phi) is 4.70. The first kappa shape index (κ1) is 14.7. The lowest BCUT2D eigenvalue weighted by atomic mass is 10.1. The molecule has 2 aliphatic rings. The summed E-state index contributed by atoms with van der Waals surface area (Å²) >= 11 is 0. The zero-order valence-electron chi connectivity index (χ0n) is 13.0. The molecule has 2 aliphatic heterocycles. The average Bonchev–Trinajstić information content (AvgIpc) is 2.98. The SMILES string of the molecule is Cc1cc(N2CCC(OCC3CCOC3)CC2)nc(C)n1. The molecule has 1 aromatic rings. The van der Waals surface area contributed by atoms with Crippen molar-refractivity contribution in [1.82, 2.24) is 9.97 Å². The molecule has 0 bridgehead atoms. The van der Waals surface area contributed by atoms with E-state index in [0.29, 0.717) is 12.0 Å². The number of rotatable bonds is 4. The zero-order valence-corrected chi connectivity index (χ0v) is 13.0. The highest BCUT2D eigenvalue weighted by molar-refractivity contribution is 5.40. The van der Waals surface area contributed by atoms with Crippen LogP contribution in [0.15, 0.2) is 6.07 Å². The van der Waals surface area contributed by atoms with Crippen LogP contribution in [0.4, 0.5) is 5.82 Å². The Balaban J connectivity index is 1.48. The third-order valence-electron chi connectivity index (χ3n) is 4.31. The maximum absolute atomic E-state index is 6.06. The summed E-state index contributed by atoms with van der Waals surface area (Å²) in [5.74, 6) is 2.52. The summed E-state index contributed by atoms with van der Waals surface area (Å²) in [5, 5.41) is 0. The van der Waals surface area contributed by atoms with E-state index in [2.05, 4.69) is 20.9 Å². The second-order valence-corrected chi connectivity index (χ2v) is 6.16. The Morgan fingerprint density at radius 1 is 1.24 bits per heavy atom. The van der Waals surface area contributed by atoms with E-state index in [1.807, 2.05) is 13.8 Å². The fraction of sp³-hybridized carbons (Fsp3) is 0.750. The fourth-order valence-corrected chi connectivity index (χ4v) is 3.10. The molecule has 21 heavy (non-hydrogen) atoms. The molecule has 0 N–H and O–H groups in total. The number of aryl methyl sites for hydroxylation is 2. The first-order valence-electron chi connectivity index (χ1n) is 7.97. The first-order valence-corrected chi connectivity index (χ1v) is 7.97. The van der Waals surface area contributed by atoms with Gasteiger partial charge < -0.3 is 14.4 Å². The second-order valence-electron chi connectivity index (χ2n) is 6.16. The fourth-order valence-electron chi connectivity index (χ4n) is 3.10. The smallest absolute Gasteiger partial charge is 0.132 e. The normalized spacial score (nSPS) is 23.7. The molecular formula is C16H25N3O2. The van der Waals surface area contributed by atoms with Crippen molar-refractivity contribution in [2.24, 2.45) is 5.92 Å². The number of ether oxygens (including phenoxy) is 2. The number of nitrogens with zero attached hydrogens (tertiary/aromatic N) is 3. The Morgan fingerprint density at radius 2 is 2.05 bits per heavy atom. The van der Waals surface area contributed by atoms with Crippen molar-refractivity contribution >= 4 is 5.82 Å². The summed E-state index contributed by atoms with van der Waals surface area (Å²) in [6, 6.07) is 2.07. The van der Waals surface area contributed by atoms with Gasteiger partial charge in [0.2, 0.25) is 0 Å². The molecule has 1 aromatic heterocycles. The summed E-state index contributed by atoms with van der Waals surface area (Å²) in [7, 11) is 0. The highest BCUT2D eigenvalue weighted by Gasteiger charge is 2.23. The van der Waals surface area contributed by atoms with Gasteiger partial charge in [-0.1, -0.05) is 0 Å². The molecule has 3 heterocycles. The maximum Gasteiger partial charge on any atom is 0.132 e. The minimum absolute atomic E-state index is 0.394. The molecule has 2 fully saturated rings. The number of piperidine rings is 1. The molecular weight excluding hydrogens is 266 g/mol. The van der Waals surface area contributed by atoms with Crippen LogP contribution in [0.25, 0.3) is 0 Å². The predicted molar refractivity (Wildman–Crippen MR) is 81.6 cm³/mol. The highest BCUT2D eigenvalue weighted by Crippen LogP contribution is 2.22. The average molecular weight is 291 g/mol. The molecule has 0 aromatic carbocycles. The van der Waals surface area contributed by atoms with Crippen LogP contribution in [0.2, 0.25) is 0 Å². The summed E-state index contributed by atoms with van der Waals surface area (Å²) in [4.78, 5) is 11.2. The molecule has 2 saturated heterocycles. The van der Waals surface area contributed by atoms with Crippen LogP contribution in [-0.2, 0) is 9.47 Å². The third-order valence-corrected chi connectivity index (χ3v) is 4.31. The molecule has 1 unspecified atom stereocenters. The van der Waals surface area contributed by atoms with Gasteiger partial charge in [0, 0.05) is 37.4 Å². The van der Waals surface area contributed by atoms with Crippen LogP contribution in [0.5, 0.6) is 0 Å². The Labute approximate surface area is 126 Å². The third kappa shape index (κ3) is 3.92. The van der Waals surface area contributed by atoms with Crippen molar-refractivity contribution in [3.8, 4) is 0 Å². The largest absolute Gasteiger partial charge is 0.381 e. The number of hydrogen-bond acceptors (Lipinski definition) is 5. The summed E-state index contributed by atoms with van der Waals surface area (Å²) in [6.45, 7) is 8.64. The summed E-state index contributed by atoms with van der Waals surface area (Å²) in [6.07, 6.45) is 3.70. The predicted octanol–water partition coefficient (Wildman–Crippen LogP) is 2.12. The van der Waals surface area contributed by atoms with Gasteiger partial charge in [0.15, 0.2) is 0 Å². The van der Waals surface area contributed by atoms with Crippen molar-refractivity contribution in [3.05, 3.63) is 17.6 Å². The standard InChI is InChI=1S/C16H25N3O2/c1-12-9-16(18-13(2)17-12)19-6-3-15(4-7-19)21-11-14-5-8-20-10-14/h9,14-15H,3-8,10-11H2,1-2H3. The van der Waals surface area contributed by atoms with Crippen LogP contribution in [-0.4, -0.2) is 49.0 Å². The van der Waals surface area contributed by atoms with Crippen LogP contribution in [0.1, 0.15) is 30.8 Å². The molecule has 1 atom stereocenters. The Bertz CT molecular complexity index is 446. The summed E-state index contributed by atoms with van der Waals surface area (Å²) in [5.41, 5.74) is 1.04. The maximum atomic E-state index is 6.06. The molecule has 0 aliphatic carbocycles. The molecule has 0 spiro atoms. The van der Waals surface area contributed by atoms with Gasteiger partial charge in [0.1, 0.15) is 11.6 Å². The first-order chi connectivity index (χ1) is 10.2. The second kappa shape index (κ2) is 6.71. The lowest BCUT2D eigenvalue weighted by Gasteiger charge is -2.33. The lowest BCUT2D eigenvalue weighted by Crippen LogP contribution is -2.38. The van der Waals surface area contributed by atoms with E-state index in [1.165, 1.54) is 0 Å². The van der Waals surface area contributed by atoms with Gasteiger partial charge in [-0.3, -0.25) is 0 Å². The summed E-state index contributed by atoms with van der Waals surface area (Å²) < 4.78 is 11.5. The zero-order chi connectivity index (χ0) is 14.7. The van der Waals surface area contributed by atoms with E-state index in [-0.39, 0.29) is 0 Å². The Morgan fingerprint density at radius 3 is 2.71 bits per heavy atom. The lowest BCUT2D eigenvalue weighted by molar-refractivity contribution is 0.0131. The van der Waals surface area contributed by atoms with Gasteiger partial charge in [0.25, 0.3) is 0 Å². The number of aromatic nitrogens is 2. The van der Waals surface area contributed by atoms with Gasteiger partial charge in [-0.05, 0) is 33.1 Å². The van der Waals surface area contributed by atoms with E-state index in [4.69, 9.17) is 9.47 Å². The van der Waals surface area contributed by atoms with E-state index >= 15 is 0 Å². The quantitative estimate of drug-likeness (QED) is 0.850. The van der Waals surface area contributed by atoms with E-state index in [0.717, 1.165) is 69.5 Å². The van der Waals surface area contributed by atoms with Gasteiger partial charge in [0.05, 0.1) is 19.3 Å². The minimum Gasteiger partial charge on any atom is -0.381 e. The van der Waals surface area contributed by atoms with Crippen molar-refractivity contribution in [1.29, 1.82) is 0 Å². The Hall–Kier alpha value is -1.20. The van der Waals surface area contributed by atoms with E-state index < -0.39 is 0 Å². The molecule has 5 heteroatoms. The minimum atomic E-state index is 0.394. The molecule has 3 rings (SSSR count). The molecule has 0 amide bonds. The monoisotopic (exact) mass is 291 g/mol. The highest BCUT2D eigenvalue weighted by atomic mass is 16.5. The molecule has 116 valence electrons. The van der Waals surface area contributed by atoms with Crippen molar-refractivity contribution in [2.75, 3.05) is 37.8 Å². The van der Waals surface area contributed by atoms with Gasteiger partial charge in [-0.2, -0.15) is 0 Å². The van der Waals surface area contributed by atoms with Crippen LogP contribution in [0.3, 0.4) is 0 Å². The van der Waals surface area contributed by atoms with Crippen molar-refractivity contribution < 1.29 is 9.47 Å². The van der Waals surface area contributed by atoms with Crippen molar-refractivity contribution in [3.63, 3.8) is 0 Å². The van der Waals surface area contributed by atoms with Gasteiger partial charge >= 0.3 is 0 Å². The van der Waals surface area contributed by atoms with Crippen LogP contribution >= 0.6 is 0 Å². The van der Waals surface area contributed by atoms with Crippen LogP contribution in [0, 0.1) is 19.8 Å². The van der Waals surface area contributed by atoms with E-state index in [9.17, 15) is 0 Å². The van der Waals surface area contributed by atoms with Crippen molar-refractivity contribution in [2.45, 2.75) is 39.2 Å². The van der Waals surface area contributed by atoms with Gasteiger partial charge in [-0.15, -0.1) is 0 Å². The number of anilines is 1. The van der Waals surface area contributed by atoms with E-state index in [1.54, 1.807) is 0 Å².